The molecule has 2 N–H and O–H groups in total. The van der Waals surface area contributed by atoms with Crippen LogP contribution in [0.15, 0.2) is 0 Å². The van der Waals surface area contributed by atoms with E-state index >= 15 is 0 Å². The van der Waals surface area contributed by atoms with E-state index in [1.807, 2.05) is 0 Å². The molecular weight excluding hydrogens is 86.1 g/mol. The first-order valence-corrected chi connectivity index (χ1v) is 3.15. The van der Waals surface area contributed by atoms with Crippen LogP contribution in [0.25, 0.3) is 0 Å². The van der Waals surface area contributed by atoms with Crippen molar-refractivity contribution in [3.05, 3.63) is 0 Å². The summed E-state index contributed by atoms with van der Waals surface area (Å²) in [6, 6.07) is 0.536. The van der Waals surface area contributed by atoms with E-state index in [1.165, 1.54) is 32.1 Å². The van der Waals surface area contributed by atoms with Crippen molar-refractivity contribution in [2.45, 2.75) is 38.1 Å². The maximum absolute atomic E-state index is 5.63. The molecule has 0 aliphatic heterocycles. The molecule has 1 aliphatic rings. The summed E-state index contributed by atoms with van der Waals surface area (Å²) in [5.74, 6) is 0. The van der Waals surface area contributed by atoms with E-state index in [-0.39, 0.29) is 0 Å². The minimum absolute atomic E-state index is 0.536. The average molecular weight is 111 g/mol. The highest BCUT2D eigenvalue weighted by Gasteiger charge is 2.06. The Morgan fingerprint density at radius 3 is 2.14 bits per heavy atom. The first-order valence-electron chi connectivity index (χ1n) is 6.15. The molecule has 1 nitrogen and oxygen atoms in total. The van der Waals surface area contributed by atoms with E-state index in [0.717, 1.165) is 0 Å². The van der Waals surface area contributed by atoms with Gasteiger partial charge < -0.3 is 5.73 Å². The molecule has 1 fully saturated rings. The molecule has 0 saturated heterocycles. The van der Waals surface area contributed by atoms with Gasteiger partial charge in [0.25, 0.3) is 0 Å². The van der Waals surface area contributed by atoms with Crippen LogP contribution in [0.1, 0.15) is 41.0 Å². The second-order valence-corrected chi connectivity index (χ2v) is 2.40. The molecule has 0 heterocycles. The lowest BCUT2D eigenvalue weighted by molar-refractivity contribution is 0.441. The predicted octanol–water partition coefficient (Wildman–Crippen LogP) is 2.02. The van der Waals surface area contributed by atoms with Crippen LogP contribution in [0.4, 0.5) is 0 Å². The minimum Gasteiger partial charge on any atom is -0.328 e. The smallest absolute Gasteiger partial charge is 0.00388 e. The molecule has 7 heavy (non-hydrogen) atoms. The van der Waals surface area contributed by atoms with Crippen molar-refractivity contribution in [3.63, 3.8) is 0 Å². The molecule has 0 aromatic carbocycles. The zero-order valence-corrected chi connectivity index (χ0v) is 4.69. The first-order chi connectivity index (χ1) is 6.39. The largest absolute Gasteiger partial charge is 0.328 e. The van der Waals surface area contributed by atoms with Crippen molar-refractivity contribution in [1.29, 1.82) is 0 Å². The van der Waals surface area contributed by atoms with Crippen LogP contribution in [0, 0.1) is 0 Å². The van der Waals surface area contributed by atoms with Gasteiger partial charge in [-0.25, -0.2) is 0 Å². The highest BCUT2D eigenvalue weighted by atomic mass is 14.6. The molecule has 0 spiro atoms. The molecule has 0 aromatic heterocycles. The summed E-state index contributed by atoms with van der Waals surface area (Å²) in [6.07, 6.45) is 6.66. The Morgan fingerprint density at radius 2 is 1.86 bits per heavy atom. The highest BCUT2D eigenvalue weighted by molar-refractivity contribution is 4.66. The van der Waals surface area contributed by atoms with Gasteiger partial charge in [0.15, 0.2) is 0 Å². The Balaban J connectivity index is -0.000000144. The fourth-order valence-corrected chi connectivity index (χ4v) is 1.13. The van der Waals surface area contributed by atoms with E-state index in [9.17, 15) is 0 Å². The van der Waals surface area contributed by atoms with Gasteiger partial charge in [-0.1, -0.05) is 19.3 Å². The third-order valence-electron chi connectivity index (χ3n) is 1.65. The zero-order chi connectivity index (χ0) is 11.1. The predicted molar refractivity (Wildman–Crippen MR) is 37.4 cm³/mol. The maximum Gasteiger partial charge on any atom is 0.00388 e. The van der Waals surface area contributed by atoms with Crippen molar-refractivity contribution in [1.82, 2.24) is 0 Å². The fourth-order valence-electron chi connectivity index (χ4n) is 1.13. The van der Waals surface area contributed by atoms with Crippen LogP contribution in [0.3, 0.4) is 0 Å². The summed E-state index contributed by atoms with van der Waals surface area (Å²) in [5.41, 5.74) is 5.63. The summed E-state index contributed by atoms with van der Waals surface area (Å²) in [6.45, 7) is 0. The number of nitrogens with two attached hydrogens (primary N) is 1. The van der Waals surface area contributed by atoms with Gasteiger partial charge in [0.2, 0.25) is 0 Å². The van der Waals surface area contributed by atoms with E-state index in [1.54, 1.807) is 0 Å². The van der Waals surface area contributed by atoms with E-state index in [4.69, 9.17) is 14.6 Å². The van der Waals surface area contributed by atoms with Gasteiger partial charge in [0.1, 0.15) is 0 Å². The minimum atomic E-state index is 0.536. The lowest BCUT2D eigenvalue weighted by atomic mass is 9.97. The lowest BCUT2D eigenvalue weighted by Gasteiger charge is -2.15. The van der Waals surface area contributed by atoms with Gasteiger partial charge in [-0.3, -0.25) is 0 Å². The SMILES string of the molecule is NC1CCCCC1.[2H][2H].[2H][2H].[2H][2H]. The topological polar surface area (TPSA) is 26.0 Å². The third-order valence-corrected chi connectivity index (χ3v) is 1.65. The molecule has 0 unspecified atom stereocenters. The summed E-state index contributed by atoms with van der Waals surface area (Å²) < 4.78 is 30.0. The Kier molecular flexibility index (Phi) is 0.824. The molecule has 0 atom stereocenters. The molecule has 1 heteroatoms. The maximum atomic E-state index is 5.63. The molecule has 48 valence electrons. The van der Waals surface area contributed by atoms with Gasteiger partial charge >= 0.3 is 0 Å². The molecule has 0 bridgehead atoms. The van der Waals surface area contributed by atoms with Gasteiger partial charge in [-0.15, -0.1) is 0 Å². The van der Waals surface area contributed by atoms with Crippen molar-refractivity contribution < 1.29 is 8.91 Å². The van der Waals surface area contributed by atoms with Crippen molar-refractivity contribution in [3.8, 4) is 0 Å². The Labute approximate surface area is 54.2 Å². The first kappa shape index (κ1) is 2.49. The lowest BCUT2D eigenvalue weighted by Crippen LogP contribution is -2.22. The summed E-state index contributed by atoms with van der Waals surface area (Å²) in [5, 5.41) is 0. The summed E-state index contributed by atoms with van der Waals surface area (Å²) in [4.78, 5) is 0. The van der Waals surface area contributed by atoms with Crippen LogP contribution in [0.2, 0.25) is 0 Å². The van der Waals surface area contributed by atoms with Gasteiger partial charge in [0, 0.05) is 15.0 Å². The summed E-state index contributed by atoms with van der Waals surface area (Å²) in [7, 11) is 0. The Bertz CT molecular complexity index is 59.1. The molecule has 1 saturated carbocycles. The molecule has 0 radical (unpaired) electrons. The zero-order valence-electron chi connectivity index (χ0n) is 10.7. The third kappa shape index (κ3) is 1.48. The van der Waals surface area contributed by atoms with E-state index < -0.39 is 0 Å². The Morgan fingerprint density at radius 1 is 1.29 bits per heavy atom. The van der Waals surface area contributed by atoms with Crippen LogP contribution in [-0.4, -0.2) is 6.04 Å². The second-order valence-electron chi connectivity index (χ2n) is 2.40. The average Bonchev–Trinajstić information content (AvgIpc) is 2.28. The molecule has 1 rings (SSSR count). The van der Waals surface area contributed by atoms with Gasteiger partial charge in [-0.2, -0.15) is 0 Å². The van der Waals surface area contributed by atoms with Crippen LogP contribution < -0.4 is 5.73 Å². The summed E-state index contributed by atoms with van der Waals surface area (Å²) >= 11 is 0. The number of hydrogen-bond donors (Lipinski definition) is 1. The van der Waals surface area contributed by atoms with Crippen molar-refractivity contribution in [2.75, 3.05) is 0 Å². The molecular formula is C6H19N. The van der Waals surface area contributed by atoms with Crippen LogP contribution in [-0.2, 0) is 0 Å². The quantitative estimate of drug-likeness (QED) is 0.508. The molecule has 0 aromatic rings. The van der Waals surface area contributed by atoms with Crippen molar-refractivity contribution in [2.24, 2.45) is 5.73 Å². The highest BCUT2D eigenvalue weighted by Crippen LogP contribution is 2.14. The standard InChI is InChI=1S/C6H13N.3H2/c7-6-4-2-1-3-5-6;;;/h6H,1-5,7H2;3*1H/i;3*1+1D. The van der Waals surface area contributed by atoms with Crippen molar-refractivity contribution >= 4 is 0 Å². The Hall–Kier alpha value is -0.0400. The van der Waals surface area contributed by atoms with Crippen LogP contribution in [0.5, 0.6) is 0 Å². The van der Waals surface area contributed by atoms with Gasteiger partial charge in [-0.05, 0) is 12.8 Å². The fraction of sp³-hybridized carbons (Fsp3) is 1.00. The number of rotatable bonds is 0. The monoisotopic (exact) mass is 111 g/mol. The second kappa shape index (κ2) is 2.31. The van der Waals surface area contributed by atoms with Crippen LogP contribution >= 0.6 is 0 Å². The van der Waals surface area contributed by atoms with E-state index in [0.29, 0.717) is 6.04 Å². The van der Waals surface area contributed by atoms with E-state index in [2.05, 4.69) is 0 Å². The molecule has 1 aliphatic carbocycles. The number of hydrogen-bond acceptors (Lipinski definition) is 1. The van der Waals surface area contributed by atoms with Gasteiger partial charge in [0.05, 0.1) is 0 Å². The normalized spacial score (nSPS) is 28.7. The molecule has 0 amide bonds.